The number of hydrogen-bond donors (Lipinski definition) is 1. The van der Waals surface area contributed by atoms with Gasteiger partial charge in [0.15, 0.2) is 0 Å². The minimum atomic E-state index is -0.0120. The first kappa shape index (κ1) is 38.9. The number of rotatable bonds is 32. The molecular formula is C35H69NO4. The highest BCUT2D eigenvalue weighted by Crippen LogP contribution is 2.15. The number of carbonyl (C=O) groups is 2. The number of unbranched alkanes of at least 4 members (excludes halogenated alkanes) is 20. The quantitative estimate of drug-likeness (QED) is 0.0646. The monoisotopic (exact) mass is 568 g/mol. The Bertz CT molecular complexity index is 493. The summed E-state index contributed by atoms with van der Waals surface area (Å²) in [7, 11) is 0. The van der Waals surface area contributed by atoms with Crippen molar-refractivity contribution >= 4 is 11.9 Å². The molecule has 0 saturated heterocycles. The number of hydrogen-bond acceptors (Lipinski definition) is 5. The molecule has 0 atom stereocenters. The molecule has 0 radical (unpaired) electrons. The number of nitrogens with two attached hydrogens (primary N) is 1. The van der Waals surface area contributed by atoms with Gasteiger partial charge in [-0.3, -0.25) is 9.59 Å². The molecule has 0 aliphatic rings. The first-order valence-electron chi connectivity index (χ1n) is 17.7. The molecule has 0 aliphatic heterocycles. The molecule has 5 nitrogen and oxygen atoms in total. The third kappa shape index (κ3) is 31.4. The lowest BCUT2D eigenvalue weighted by atomic mass is 10.0. The van der Waals surface area contributed by atoms with Crippen molar-refractivity contribution in [3.63, 3.8) is 0 Å². The second-order valence-corrected chi connectivity index (χ2v) is 12.1. The minimum Gasteiger partial charge on any atom is -0.466 e. The number of carbonyl (C=O) groups excluding carboxylic acids is 2. The highest BCUT2D eigenvalue weighted by atomic mass is 16.5. The molecule has 0 fully saturated rings. The molecule has 0 aromatic carbocycles. The predicted octanol–water partition coefficient (Wildman–Crippen LogP) is 10.4. The molecule has 0 amide bonds. The largest absolute Gasteiger partial charge is 0.466 e. The second-order valence-electron chi connectivity index (χ2n) is 12.1. The maximum atomic E-state index is 11.8. The Balaban J connectivity index is 3.29. The van der Waals surface area contributed by atoms with E-state index in [0.29, 0.717) is 32.1 Å². The standard InChI is InChI=1S/C35H69NO4/c1-3-5-7-19-25-31-39-34(37)29-23-17-13-9-11-15-21-27-33(36)28-22-16-12-10-14-18-24-30-35(38)40-32-26-20-8-6-4-2/h33H,3-32,36H2,1-2H3. The van der Waals surface area contributed by atoms with Crippen LogP contribution >= 0.6 is 0 Å². The fourth-order valence-corrected chi connectivity index (χ4v) is 5.19. The van der Waals surface area contributed by atoms with Crippen molar-refractivity contribution in [2.75, 3.05) is 13.2 Å². The summed E-state index contributed by atoms with van der Waals surface area (Å²) in [6.45, 7) is 5.63. The van der Waals surface area contributed by atoms with Crippen molar-refractivity contribution in [1.82, 2.24) is 0 Å². The fourth-order valence-electron chi connectivity index (χ4n) is 5.19. The van der Waals surface area contributed by atoms with Gasteiger partial charge < -0.3 is 15.2 Å². The van der Waals surface area contributed by atoms with Crippen LogP contribution in [-0.4, -0.2) is 31.2 Å². The van der Waals surface area contributed by atoms with E-state index < -0.39 is 0 Å². The summed E-state index contributed by atoms with van der Waals surface area (Å²) < 4.78 is 10.7. The van der Waals surface area contributed by atoms with Gasteiger partial charge in [-0.15, -0.1) is 0 Å². The van der Waals surface area contributed by atoms with E-state index in [-0.39, 0.29) is 11.9 Å². The van der Waals surface area contributed by atoms with Crippen LogP contribution in [0.25, 0.3) is 0 Å². The van der Waals surface area contributed by atoms with Crippen LogP contribution in [0.5, 0.6) is 0 Å². The van der Waals surface area contributed by atoms with Crippen molar-refractivity contribution in [2.24, 2.45) is 5.73 Å². The van der Waals surface area contributed by atoms with Crippen molar-refractivity contribution in [1.29, 1.82) is 0 Å². The van der Waals surface area contributed by atoms with Gasteiger partial charge in [0.1, 0.15) is 0 Å². The van der Waals surface area contributed by atoms with Gasteiger partial charge in [0.2, 0.25) is 0 Å². The van der Waals surface area contributed by atoms with Gasteiger partial charge in [0.05, 0.1) is 13.2 Å². The maximum Gasteiger partial charge on any atom is 0.305 e. The van der Waals surface area contributed by atoms with Crippen LogP contribution in [0.15, 0.2) is 0 Å². The molecule has 0 heterocycles. The molecule has 5 heteroatoms. The Morgan fingerprint density at radius 1 is 0.450 bits per heavy atom. The minimum absolute atomic E-state index is 0.0120. The summed E-state index contributed by atoms with van der Waals surface area (Å²) in [6.07, 6.45) is 32.2. The molecule has 40 heavy (non-hydrogen) atoms. The van der Waals surface area contributed by atoms with Crippen LogP contribution in [0.3, 0.4) is 0 Å². The summed E-state index contributed by atoms with van der Waals surface area (Å²) in [6, 6.07) is 0.357. The lowest BCUT2D eigenvalue weighted by Crippen LogP contribution is -2.19. The average Bonchev–Trinajstić information content (AvgIpc) is 2.94. The Morgan fingerprint density at radius 3 is 1.12 bits per heavy atom. The third-order valence-electron chi connectivity index (χ3n) is 7.93. The molecule has 0 unspecified atom stereocenters. The molecule has 238 valence electrons. The van der Waals surface area contributed by atoms with Gasteiger partial charge >= 0.3 is 11.9 Å². The molecular weight excluding hydrogens is 498 g/mol. The zero-order chi connectivity index (χ0) is 29.4. The summed E-state index contributed by atoms with van der Waals surface area (Å²) in [5, 5.41) is 0. The van der Waals surface area contributed by atoms with Crippen LogP contribution in [-0.2, 0) is 19.1 Å². The van der Waals surface area contributed by atoms with Gasteiger partial charge in [0, 0.05) is 18.9 Å². The molecule has 0 bridgehead atoms. The fraction of sp³-hybridized carbons (Fsp3) is 0.943. The average molecular weight is 568 g/mol. The highest BCUT2D eigenvalue weighted by Gasteiger charge is 2.05. The second kappa shape index (κ2) is 32.4. The normalized spacial score (nSPS) is 11.3. The van der Waals surface area contributed by atoms with E-state index in [1.807, 2.05) is 0 Å². The molecule has 0 rings (SSSR count). The van der Waals surface area contributed by atoms with Gasteiger partial charge in [0.25, 0.3) is 0 Å². The molecule has 0 saturated carbocycles. The zero-order valence-electron chi connectivity index (χ0n) is 27.0. The summed E-state index contributed by atoms with van der Waals surface area (Å²) in [5.41, 5.74) is 6.33. The summed E-state index contributed by atoms with van der Waals surface area (Å²) in [5.74, 6) is -0.0240. The van der Waals surface area contributed by atoms with Crippen molar-refractivity contribution in [3.8, 4) is 0 Å². The van der Waals surface area contributed by atoms with Crippen molar-refractivity contribution in [3.05, 3.63) is 0 Å². The summed E-state index contributed by atoms with van der Waals surface area (Å²) >= 11 is 0. The van der Waals surface area contributed by atoms with E-state index in [2.05, 4.69) is 13.8 Å². The van der Waals surface area contributed by atoms with Crippen LogP contribution in [0.2, 0.25) is 0 Å². The first-order valence-corrected chi connectivity index (χ1v) is 17.7. The Kier molecular flexibility index (Phi) is 31.5. The molecule has 0 aromatic heterocycles. The zero-order valence-corrected chi connectivity index (χ0v) is 27.0. The van der Waals surface area contributed by atoms with E-state index in [4.69, 9.17) is 15.2 Å². The van der Waals surface area contributed by atoms with Gasteiger partial charge in [-0.2, -0.15) is 0 Å². The maximum absolute atomic E-state index is 11.8. The topological polar surface area (TPSA) is 78.6 Å². The van der Waals surface area contributed by atoms with Crippen molar-refractivity contribution in [2.45, 2.75) is 200 Å². The summed E-state index contributed by atoms with van der Waals surface area (Å²) in [4.78, 5) is 23.5. The van der Waals surface area contributed by atoms with Crippen LogP contribution in [0.4, 0.5) is 0 Å². The highest BCUT2D eigenvalue weighted by molar-refractivity contribution is 5.69. The van der Waals surface area contributed by atoms with Crippen LogP contribution in [0, 0.1) is 0 Å². The Labute approximate surface area is 249 Å². The van der Waals surface area contributed by atoms with E-state index in [9.17, 15) is 9.59 Å². The Morgan fingerprint density at radius 2 is 0.750 bits per heavy atom. The van der Waals surface area contributed by atoms with E-state index in [1.165, 1.54) is 116 Å². The number of ether oxygens (including phenoxy) is 2. The van der Waals surface area contributed by atoms with E-state index in [0.717, 1.165) is 51.4 Å². The first-order chi connectivity index (χ1) is 19.6. The Hall–Kier alpha value is -1.10. The molecule has 2 N–H and O–H groups in total. The lowest BCUT2D eigenvalue weighted by molar-refractivity contribution is -0.144. The number of esters is 2. The van der Waals surface area contributed by atoms with Gasteiger partial charge in [-0.05, 0) is 38.5 Å². The van der Waals surface area contributed by atoms with Gasteiger partial charge in [-0.1, -0.05) is 142 Å². The van der Waals surface area contributed by atoms with Crippen LogP contribution in [0.1, 0.15) is 194 Å². The molecule has 0 spiro atoms. The smallest absolute Gasteiger partial charge is 0.305 e. The molecule has 0 aromatic rings. The van der Waals surface area contributed by atoms with Crippen molar-refractivity contribution < 1.29 is 19.1 Å². The van der Waals surface area contributed by atoms with E-state index in [1.54, 1.807) is 0 Å². The third-order valence-corrected chi connectivity index (χ3v) is 7.93. The predicted molar refractivity (Wildman–Crippen MR) is 171 cm³/mol. The van der Waals surface area contributed by atoms with E-state index >= 15 is 0 Å². The SMILES string of the molecule is CCCCCCCOC(=O)CCCCCCCCCC(N)CCCCCCCCCC(=O)OCCCCCCC. The van der Waals surface area contributed by atoms with Crippen LogP contribution < -0.4 is 5.73 Å². The lowest BCUT2D eigenvalue weighted by Gasteiger charge is -2.11. The molecule has 0 aliphatic carbocycles. The van der Waals surface area contributed by atoms with Gasteiger partial charge in [-0.25, -0.2) is 0 Å².